The second kappa shape index (κ2) is 12.5. The molecule has 1 aliphatic carbocycles. The van der Waals surface area contributed by atoms with E-state index in [9.17, 15) is 0 Å². The molecule has 58 heavy (non-hydrogen) atoms. The highest BCUT2D eigenvalue weighted by molar-refractivity contribution is 8.00. The van der Waals surface area contributed by atoms with Crippen molar-refractivity contribution in [3.8, 4) is 33.4 Å². The monoisotopic (exact) mass is 770 g/mol. The van der Waals surface area contributed by atoms with Gasteiger partial charge in [-0.2, -0.15) is 0 Å². The molecule has 10 aromatic carbocycles. The fourth-order valence-electron chi connectivity index (χ4n) is 10.0. The molecule has 0 amide bonds. The smallest absolute Gasteiger partial charge is 0.0381 e. The van der Waals surface area contributed by atoms with Crippen LogP contribution in [0.25, 0.3) is 107 Å². The van der Waals surface area contributed by atoms with Crippen LogP contribution in [0.5, 0.6) is 0 Å². The van der Waals surface area contributed by atoms with E-state index in [0.717, 1.165) is 0 Å². The van der Waals surface area contributed by atoms with Gasteiger partial charge in [-0.05, 0) is 129 Å². The second-order valence-electron chi connectivity index (χ2n) is 15.9. The van der Waals surface area contributed by atoms with Crippen LogP contribution in [0.15, 0.2) is 199 Å². The molecule has 2 heterocycles. The zero-order valence-electron chi connectivity index (χ0n) is 31.4. The summed E-state index contributed by atoms with van der Waals surface area (Å²) in [5.74, 6) is 0.472. The summed E-state index contributed by atoms with van der Waals surface area (Å²) in [6, 6.07) is 64.1. The van der Waals surface area contributed by atoms with Crippen molar-refractivity contribution in [1.29, 1.82) is 0 Å². The van der Waals surface area contributed by atoms with Crippen LogP contribution in [0, 0.1) is 0 Å². The lowest BCUT2D eigenvalue weighted by Gasteiger charge is -2.19. The highest BCUT2D eigenvalue weighted by Crippen LogP contribution is 2.52. The maximum atomic E-state index is 2.48. The number of thioether (sulfide) groups is 1. The lowest BCUT2D eigenvalue weighted by molar-refractivity contribution is 0.883. The van der Waals surface area contributed by atoms with Crippen molar-refractivity contribution < 1.29 is 0 Å². The quantitative estimate of drug-likeness (QED) is 0.161. The van der Waals surface area contributed by atoms with Gasteiger partial charge in [0.1, 0.15) is 0 Å². The Bertz CT molecular complexity index is 3560. The molecule has 0 saturated carbocycles. The molecule has 2 unspecified atom stereocenters. The molecule has 0 saturated heterocycles. The van der Waals surface area contributed by atoms with Gasteiger partial charge < -0.3 is 0 Å². The van der Waals surface area contributed by atoms with Gasteiger partial charge in [-0.25, -0.2) is 0 Å². The van der Waals surface area contributed by atoms with Crippen LogP contribution in [0.2, 0.25) is 0 Å². The molecule has 2 aliphatic rings. The first-order valence-corrected chi connectivity index (χ1v) is 21.8. The highest BCUT2D eigenvalue weighted by Gasteiger charge is 2.32. The van der Waals surface area contributed by atoms with Gasteiger partial charge in [0.25, 0.3) is 0 Å². The molecule has 0 bridgehead atoms. The lowest BCUT2D eigenvalue weighted by Crippen LogP contribution is -2.06. The van der Waals surface area contributed by atoms with E-state index in [1.54, 1.807) is 0 Å². The number of rotatable bonds is 3. The minimum Gasteiger partial charge on any atom is -0.135 e. The number of allylic oxidation sites excluding steroid dienone is 3. The SMILES string of the molecule is C1=CC2Sc3c(ccc4cc5sc6ccc(-c7ccc8cc(-c9c%10ccccc%10c(-c%10cccc%11ccccc%10%11)c%10ccccc9%10)ccc8c7)cc6c5cc34)C2C=C1. The lowest BCUT2D eigenvalue weighted by atomic mass is 9.84. The van der Waals surface area contributed by atoms with Crippen molar-refractivity contribution in [3.63, 3.8) is 0 Å². The molecule has 11 aromatic rings. The molecular formula is C56H34S2. The summed E-state index contributed by atoms with van der Waals surface area (Å²) in [7, 11) is 0. The Balaban J connectivity index is 0.928. The van der Waals surface area contributed by atoms with Crippen LogP contribution >= 0.6 is 23.1 Å². The van der Waals surface area contributed by atoms with E-state index in [0.29, 0.717) is 11.2 Å². The van der Waals surface area contributed by atoms with Crippen molar-refractivity contribution in [3.05, 3.63) is 200 Å². The van der Waals surface area contributed by atoms with Gasteiger partial charge in [-0.3, -0.25) is 0 Å². The zero-order chi connectivity index (χ0) is 37.9. The largest absolute Gasteiger partial charge is 0.135 e. The van der Waals surface area contributed by atoms with Crippen LogP contribution in [-0.2, 0) is 0 Å². The predicted molar refractivity (Wildman–Crippen MR) is 254 cm³/mol. The second-order valence-corrected chi connectivity index (χ2v) is 18.2. The number of fused-ring (bicyclic) bond motifs is 12. The van der Waals surface area contributed by atoms with E-state index in [1.807, 2.05) is 23.1 Å². The number of thiophene rings is 1. The van der Waals surface area contributed by atoms with Crippen LogP contribution in [0.4, 0.5) is 0 Å². The van der Waals surface area contributed by atoms with Gasteiger partial charge in [-0.15, -0.1) is 23.1 Å². The van der Waals surface area contributed by atoms with Gasteiger partial charge in [0.05, 0.1) is 0 Å². The maximum Gasteiger partial charge on any atom is 0.0381 e. The summed E-state index contributed by atoms with van der Waals surface area (Å²) in [5.41, 5.74) is 9.09. The number of hydrogen-bond donors (Lipinski definition) is 0. The van der Waals surface area contributed by atoms with Gasteiger partial charge in [-0.1, -0.05) is 158 Å². The molecule has 270 valence electrons. The van der Waals surface area contributed by atoms with Crippen LogP contribution in [0.3, 0.4) is 0 Å². The van der Waals surface area contributed by atoms with Gasteiger partial charge in [0.15, 0.2) is 0 Å². The summed E-state index contributed by atoms with van der Waals surface area (Å²) in [5, 5.41) is 16.1. The molecule has 2 atom stereocenters. The topological polar surface area (TPSA) is 0 Å². The van der Waals surface area contributed by atoms with Crippen LogP contribution < -0.4 is 0 Å². The van der Waals surface area contributed by atoms with E-state index in [1.165, 1.54) is 118 Å². The first-order chi connectivity index (χ1) is 28.7. The minimum atomic E-state index is 0.472. The predicted octanol–water partition coefficient (Wildman–Crippen LogP) is 16.5. The highest BCUT2D eigenvalue weighted by atomic mass is 32.2. The normalized spacial score (nSPS) is 16.1. The molecule has 1 aromatic heterocycles. The van der Waals surface area contributed by atoms with Crippen molar-refractivity contribution in [2.45, 2.75) is 16.1 Å². The molecule has 0 fully saturated rings. The van der Waals surface area contributed by atoms with Crippen molar-refractivity contribution in [2.75, 3.05) is 0 Å². The van der Waals surface area contributed by atoms with E-state index in [2.05, 4.69) is 194 Å². The van der Waals surface area contributed by atoms with E-state index >= 15 is 0 Å². The Hall–Kier alpha value is -6.45. The summed E-state index contributed by atoms with van der Waals surface area (Å²) in [6.07, 6.45) is 9.15. The Morgan fingerprint density at radius 1 is 0.362 bits per heavy atom. The Morgan fingerprint density at radius 3 is 1.79 bits per heavy atom. The zero-order valence-corrected chi connectivity index (χ0v) is 33.1. The van der Waals surface area contributed by atoms with E-state index in [-0.39, 0.29) is 0 Å². The third kappa shape index (κ3) is 4.83. The molecule has 0 nitrogen and oxygen atoms in total. The molecular weight excluding hydrogens is 737 g/mol. The first kappa shape index (κ1) is 32.6. The van der Waals surface area contributed by atoms with E-state index < -0.39 is 0 Å². The summed E-state index contributed by atoms with van der Waals surface area (Å²) in [6.45, 7) is 0. The Kier molecular flexibility index (Phi) is 7.04. The number of hydrogen-bond acceptors (Lipinski definition) is 2. The van der Waals surface area contributed by atoms with Gasteiger partial charge in [0, 0.05) is 36.2 Å². The molecule has 13 rings (SSSR count). The van der Waals surface area contributed by atoms with E-state index in [4.69, 9.17) is 0 Å². The molecule has 1 aliphatic heterocycles. The first-order valence-electron chi connectivity index (χ1n) is 20.1. The fourth-order valence-corrected chi connectivity index (χ4v) is 12.6. The van der Waals surface area contributed by atoms with Gasteiger partial charge in [0.2, 0.25) is 0 Å². The molecule has 0 radical (unpaired) electrons. The van der Waals surface area contributed by atoms with Crippen LogP contribution in [-0.4, -0.2) is 5.25 Å². The maximum absolute atomic E-state index is 2.48. The average molecular weight is 771 g/mol. The van der Waals surface area contributed by atoms with Gasteiger partial charge >= 0.3 is 0 Å². The third-order valence-corrected chi connectivity index (χ3v) is 15.3. The standard InChI is InChI=1S/C56H34S2/c1-2-12-40-33(10-1)11-9-18-42(40)55-45-16-5-3-14-43(45)54(44-15-4-6-17-46(44)55)39-23-22-34-28-35(20-21-36(34)29-39)37-25-27-52-49(30-37)50-32-48-38(31-53(50)57-52)24-26-47-41-13-7-8-19-51(41)58-56(47)48/h1-32,41,51H. The fraction of sp³-hybridized carbons (Fsp3) is 0.0357. The van der Waals surface area contributed by atoms with Crippen molar-refractivity contribution in [1.82, 2.24) is 0 Å². The number of benzene rings is 10. The summed E-state index contributed by atoms with van der Waals surface area (Å²) >= 11 is 3.94. The minimum absolute atomic E-state index is 0.472. The van der Waals surface area contributed by atoms with Crippen molar-refractivity contribution in [2.24, 2.45) is 0 Å². The van der Waals surface area contributed by atoms with Crippen molar-refractivity contribution >= 4 is 97.1 Å². The molecule has 0 spiro atoms. The van der Waals surface area contributed by atoms with Crippen LogP contribution in [0.1, 0.15) is 11.5 Å². The molecule has 2 heteroatoms. The molecule has 0 N–H and O–H groups in total. The average Bonchev–Trinajstić information content (AvgIpc) is 3.84. The summed E-state index contributed by atoms with van der Waals surface area (Å²) < 4.78 is 2.70. The Labute approximate surface area is 344 Å². The Morgan fingerprint density at radius 2 is 0.983 bits per heavy atom. The third-order valence-electron chi connectivity index (χ3n) is 12.7. The summed E-state index contributed by atoms with van der Waals surface area (Å²) in [4.78, 5) is 1.46.